The van der Waals surface area contributed by atoms with Gasteiger partial charge in [0.2, 0.25) is 0 Å². The third kappa shape index (κ3) is 7.16. The fourth-order valence-electron chi connectivity index (χ4n) is 5.00. The lowest BCUT2D eigenvalue weighted by molar-refractivity contribution is 0.0149. The zero-order chi connectivity index (χ0) is 25.5. The van der Waals surface area contributed by atoms with Gasteiger partial charge in [-0.25, -0.2) is 0 Å². The second-order valence-electron chi connectivity index (χ2n) is 9.55. The van der Waals surface area contributed by atoms with Crippen LogP contribution in [-0.2, 0) is 13.2 Å². The smallest absolute Gasteiger partial charge is 0.119 e. The summed E-state index contributed by atoms with van der Waals surface area (Å²) in [5.41, 5.74) is 4.31. The molecule has 1 heterocycles. The van der Waals surface area contributed by atoms with E-state index < -0.39 is 6.10 Å². The van der Waals surface area contributed by atoms with Crippen molar-refractivity contribution in [3.63, 3.8) is 0 Å². The summed E-state index contributed by atoms with van der Waals surface area (Å²) in [5, 5.41) is 12.1. The molecule has 4 aromatic carbocycles. The largest absolute Gasteiger partial charge is 0.489 e. The van der Waals surface area contributed by atoms with Crippen LogP contribution < -0.4 is 4.74 Å². The molecule has 6 heteroatoms. The Kier molecular flexibility index (Phi) is 10.2. The first kappa shape index (κ1) is 28.2. The lowest BCUT2D eigenvalue weighted by Gasteiger charge is -2.41. The van der Waals surface area contributed by atoms with E-state index in [0.717, 1.165) is 55.2 Å². The van der Waals surface area contributed by atoms with E-state index in [0.29, 0.717) is 11.6 Å². The van der Waals surface area contributed by atoms with Gasteiger partial charge in [-0.2, -0.15) is 0 Å². The van der Waals surface area contributed by atoms with Crippen molar-refractivity contribution in [2.75, 3.05) is 26.2 Å². The van der Waals surface area contributed by atoms with Gasteiger partial charge in [0.25, 0.3) is 0 Å². The van der Waals surface area contributed by atoms with E-state index in [9.17, 15) is 5.11 Å². The lowest BCUT2D eigenvalue weighted by Crippen LogP contribution is -2.48. The van der Waals surface area contributed by atoms with Gasteiger partial charge in [0.05, 0.1) is 12.1 Å². The van der Waals surface area contributed by atoms with Crippen LogP contribution in [0.15, 0.2) is 109 Å². The Labute approximate surface area is 236 Å². The van der Waals surface area contributed by atoms with Crippen molar-refractivity contribution in [3.8, 4) is 5.75 Å². The summed E-state index contributed by atoms with van der Waals surface area (Å²) in [4.78, 5) is 4.84. The number of halogens is 2. The van der Waals surface area contributed by atoms with Crippen molar-refractivity contribution in [2.24, 2.45) is 0 Å². The van der Waals surface area contributed by atoms with Gasteiger partial charge in [-0.15, -0.1) is 12.4 Å². The highest BCUT2D eigenvalue weighted by Crippen LogP contribution is 2.38. The third-order valence-corrected chi connectivity index (χ3v) is 7.39. The van der Waals surface area contributed by atoms with Gasteiger partial charge in [-0.1, -0.05) is 103 Å². The third-order valence-electron chi connectivity index (χ3n) is 7.04. The Morgan fingerprint density at radius 3 is 1.97 bits per heavy atom. The molecule has 4 aromatic rings. The van der Waals surface area contributed by atoms with Crippen LogP contribution in [0.3, 0.4) is 0 Å². The lowest BCUT2D eigenvalue weighted by atomic mass is 9.93. The molecule has 1 N–H and O–H groups in total. The van der Waals surface area contributed by atoms with Crippen molar-refractivity contribution in [2.45, 2.75) is 25.3 Å². The highest BCUT2D eigenvalue weighted by atomic mass is 35.5. The molecule has 0 aliphatic carbocycles. The van der Waals surface area contributed by atoms with Gasteiger partial charge in [0, 0.05) is 37.7 Å². The molecule has 0 radical (unpaired) electrons. The SMILES string of the molecule is Cl.OC(c1ccccc1)C(c1ccccc1Cl)N1CCN(Cc2ccc(OCc3ccccc3)cc2)CC1. The molecule has 2 atom stereocenters. The Bertz CT molecular complexity index is 1250. The number of aliphatic hydroxyl groups is 1. The molecule has 38 heavy (non-hydrogen) atoms. The Balaban J connectivity index is 0.00000336. The number of aliphatic hydroxyl groups excluding tert-OH is 1. The van der Waals surface area contributed by atoms with Crippen LogP contribution in [0, 0.1) is 0 Å². The predicted octanol–water partition coefficient (Wildman–Crippen LogP) is 6.93. The number of ether oxygens (including phenoxy) is 1. The summed E-state index contributed by atoms with van der Waals surface area (Å²) < 4.78 is 5.93. The van der Waals surface area contributed by atoms with Gasteiger partial charge in [-0.3, -0.25) is 9.80 Å². The standard InChI is InChI=1S/C32H33ClN2O2.ClH/c33-30-14-8-7-13-29(30)31(32(36)27-11-5-2-6-12-27)35-21-19-34(20-22-35)23-25-15-17-28(18-16-25)37-24-26-9-3-1-4-10-26;/h1-18,31-32,36H,19-24H2;1H. The van der Waals surface area contributed by atoms with Crippen molar-refractivity contribution < 1.29 is 9.84 Å². The molecule has 5 rings (SSSR count). The van der Waals surface area contributed by atoms with Crippen LogP contribution in [0.25, 0.3) is 0 Å². The first-order valence-electron chi connectivity index (χ1n) is 12.9. The van der Waals surface area contributed by atoms with Gasteiger partial charge >= 0.3 is 0 Å². The molecule has 0 spiro atoms. The molecule has 0 bridgehead atoms. The van der Waals surface area contributed by atoms with Crippen LogP contribution in [0.1, 0.15) is 34.4 Å². The van der Waals surface area contributed by atoms with Gasteiger partial charge in [0.15, 0.2) is 0 Å². The molecule has 1 aliphatic heterocycles. The fourth-order valence-corrected chi connectivity index (χ4v) is 5.25. The minimum absolute atomic E-state index is 0. The monoisotopic (exact) mass is 548 g/mol. The molecular weight excluding hydrogens is 515 g/mol. The summed E-state index contributed by atoms with van der Waals surface area (Å²) in [7, 11) is 0. The van der Waals surface area contributed by atoms with Crippen LogP contribution in [0.2, 0.25) is 5.02 Å². The minimum Gasteiger partial charge on any atom is -0.489 e. The Morgan fingerprint density at radius 1 is 0.711 bits per heavy atom. The summed E-state index contributed by atoms with van der Waals surface area (Å²) in [5.74, 6) is 0.884. The van der Waals surface area contributed by atoms with E-state index >= 15 is 0 Å². The Hall–Kier alpha value is -2.86. The second kappa shape index (κ2) is 13.8. The van der Waals surface area contributed by atoms with Gasteiger partial charge < -0.3 is 9.84 Å². The van der Waals surface area contributed by atoms with E-state index in [1.54, 1.807) is 0 Å². The normalized spacial score (nSPS) is 15.8. The van der Waals surface area contributed by atoms with Crippen molar-refractivity contribution in [1.82, 2.24) is 9.80 Å². The maximum atomic E-state index is 11.4. The maximum Gasteiger partial charge on any atom is 0.119 e. The van der Waals surface area contributed by atoms with Gasteiger partial charge in [0.1, 0.15) is 12.4 Å². The maximum absolute atomic E-state index is 11.4. The average Bonchev–Trinajstić information content (AvgIpc) is 2.96. The molecule has 2 unspecified atom stereocenters. The predicted molar refractivity (Wildman–Crippen MR) is 157 cm³/mol. The number of hydrogen-bond acceptors (Lipinski definition) is 4. The summed E-state index contributed by atoms with van der Waals surface area (Å²) in [6, 6.07) is 36.2. The molecule has 1 saturated heterocycles. The van der Waals surface area contributed by atoms with Crippen LogP contribution >= 0.6 is 24.0 Å². The van der Waals surface area contributed by atoms with Crippen LogP contribution in [0.5, 0.6) is 5.75 Å². The molecule has 1 aliphatic rings. The van der Waals surface area contributed by atoms with Crippen LogP contribution in [0.4, 0.5) is 0 Å². The van der Waals surface area contributed by atoms with E-state index in [4.69, 9.17) is 16.3 Å². The summed E-state index contributed by atoms with van der Waals surface area (Å²) >= 11 is 6.62. The van der Waals surface area contributed by atoms with E-state index in [2.05, 4.69) is 46.2 Å². The zero-order valence-electron chi connectivity index (χ0n) is 21.3. The number of hydrogen-bond donors (Lipinski definition) is 1. The van der Waals surface area contributed by atoms with Crippen molar-refractivity contribution in [1.29, 1.82) is 0 Å². The minimum atomic E-state index is -0.656. The summed E-state index contributed by atoms with van der Waals surface area (Å²) in [6.07, 6.45) is -0.656. The molecule has 0 aromatic heterocycles. The van der Waals surface area contributed by atoms with Crippen molar-refractivity contribution >= 4 is 24.0 Å². The zero-order valence-corrected chi connectivity index (χ0v) is 22.9. The molecular formula is C32H34Cl2N2O2. The number of piperazine rings is 1. The second-order valence-corrected chi connectivity index (χ2v) is 9.96. The first-order chi connectivity index (χ1) is 18.2. The van der Waals surface area contributed by atoms with Crippen LogP contribution in [-0.4, -0.2) is 41.1 Å². The molecule has 1 fully saturated rings. The van der Waals surface area contributed by atoms with Gasteiger partial charge in [-0.05, 0) is 40.5 Å². The molecule has 0 saturated carbocycles. The number of benzene rings is 4. The number of rotatable bonds is 9. The van der Waals surface area contributed by atoms with E-state index in [1.807, 2.05) is 72.8 Å². The van der Waals surface area contributed by atoms with E-state index in [1.165, 1.54) is 5.56 Å². The first-order valence-corrected chi connectivity index (χ1v) is 13.2. The van der Waals surface area contributed by atoms with Crippen molar-refractivity contribution in [3.05, 3.63) is 136 Å². The quantitative estimate of drug-likeness (QED) is 0.246. The fraction of sp³-hybridized carbons (Fsp3) is 0.250. The summed E-state index contributed by atoms with van der Waals surface area (Å²) in [6.45, 7) is 5.04. The molecule has 4 nitrogen and oxygen atoms in total. The highest BCUT2D eigenvalue weighted by molar-refractivity contribution is 6.31. The Morgan fingerprint density at radius 2 is 1.32 bits per heavy atom. The topological polar surface area (TPSA) is 35.9 Å². The number of nitrogens with zero attached hydrogens (tertiary/aromatic N) is 2. The molecule has 0 amide bonds. The highest BCUT2D eigenvalue weighted by Gasteiger charge is 2.32. The molecule has 198 valence electrons. The van der Waals surface area contributed by atoms with E-state index in [-0.39, 0.29) is 18.4 Å². The average molecular weight is 550 g/mol.